The number of rotatable bonds is 0. The van der Waals surface area contributed by atoms with Gasteiger partial charge in [0.25, 0.3) is 0 Å². The van der Waals surface area contributed by atoms with Gasteiger partial charge in [0.2, 0.25) is 0 Å². The Bertz CT molecular complexity index is 641. The van der Waals surface area contributed by atoms with Crippen LogP contribution in [0.5, 0.6) is 0 Å². The Labute approximate surface area is 91.9 Å². The topological polar surface area (TPSA) is 62.5 Å². The zero-order valence-electron chi connectivity index (χ0n) is 8.25. The Morgan fingerprint density at radius 3 is 2.81 bits per heavy atom. The summed E-state index contributed by atoms with van der Waals surface area (Å²) in [6.45, 7) is 0. The highest BCUT2D eigenvalue weighted by atomic mass is 15.0. The van der Waals surface area contributed by atoms with Crippen LogP contribution in [-0.4, -0.2) is 15.0 Å². The van der Waals surface area contributed by atoms with Crippen molar-refractivity contribution in [2.75, 3.05) is 0 Å². The fraction of sp³-hybridized carbons (Fsp3) is 0. The highest BCUT2D eigenvalue weighted by molar-refractivity contribution is 5.70. The van der Waals surface area contributed by atoms with E-state index < -0.39 is 0 Å². The van der Waals surface area contributed by atoms with E-state index in [4.69, 9.17) is 5.26 Å². The van der Waals surface area contributed by atoms with Crippen molar-refractivity contribution in [2.24, 2.45) is 0 Å². The first kappa shape index (κ1) is 8.74. The third-order valence-electron chi connectivity index (χ3n) is 2.46. The van der Waals surface area contributed by atoms with Crippen molar-refractivity contribution in [1.29, 1.82) is 5.26 Å². The normalized spacial score (nSPS) is 10.4. The number of nitrogens with zero attached hydrogens (tertiary/aromatic N) is 4. The van der Waals surface area contributed by atoms with Crippen LogP contribution >= 0.6 is 0 Å². The van der Waals surface area contributed by atoms with Crippen molar-refractivity contribution in [3.8, 4) is 28.7 Å². The summed E-state index contributed by atoms with van der Waals surface area (Å²) in [5, 5.41) is 9.10. The summed E-state index contributed by atoms with van der Waals surface area (Å²) in [6, 6.07) is 9.77. The SMILES string of the molecule is N#Cc1cc2cccc-2cnc2ncnc1-2. The van der Waals surface area contributed by atoms with Gasteiger partial charge in [-0.2, -0.15) is 5.26 Å². The first-order valence-electron chi connectivity index (χ1n) is 4.78. The van der Waals surface area contributed by atoms with Crippen LogP contribution in [0, 0.1) is 11.3 Å². The molecule has 4 nitrogen and oxygen atoms in total. The monoisotopic (exact) mass is 206 g/mol. The first-order chi connectivity index (χ1) is 7.88. The van der Waals surface area contributed by atoms with Gasteiger partial charge in [0, 0.05) is 11.8 Å². The predicted molar refractivity (Wildman–Crippen MR) is 57.8 cm³/mol. The standard InChI is InChI=1S/C12H6N4/c13-5-10-4-8-2-1-3-9(8)6-14-12-11(10)15-7-16-12/h1-4,6-7H. The van der Waals surface area contributed by atoms with Crippen LogP contribution < -0.4 is 0 Å². The van der Waals surface area contributed by atoms with Gasteiger partial charge in [-0.15, -0.1) is 0 Å². The van der Waals surface area contributed by atoms with E-state index in [1.54, 1.807) is 6.20 Å². The minimum absolute atomic E-state index is 0.497. The fourth-order valence-corrected chi connectivity index (χ4v) is 1.68. The number of nitriles is 1. The number of fused-ring (bicyclic) bond motifs is 2. The molecule has 0 N–H and O–H groups in total. The maximum absolute atomic E-state index is 9.10. The van der Waals surface area contributed by atoms with Gasteiger partial charge in [0.1, 0.15) is 18.1 Å². The van der Waals surface area contributed by atoms with E-state index in [1.807, 2.05) is 24.3 Å². The third-order valence-corrected chi connectivity index (χ3v) is 2.46. The van der Waals surface area contributed by atoms with Crippen LogP contribution in [0.2, 0.25) is 0 Å². The molecule has 0 fully saturated rings. The molecule has 0 atom stereocenters. The molecule has 0 unspecified atom stereocenters. The van der Waals surface area contributed by atoms with E-state index in [9.17, 15) is 0 Å². The summed E-state index contributed by atoms with van der Waals surface area (Å²) < 4.78 is 0. The van der Waals surface area contributed by atoms with Gasteiger partial charge in [0.15, 0.2) is 5.82 Å². The smallest absolute Gasteiger partial charge is 0.181 e. The van der Waals surface area contributed by atoms with Gasteiger partial charge in [-0.1, -0.05) is 18.2 Å². The maximum atomic E-state index is 9.10. The molecule has 0 saturated heterocycles. The van der Waals surface area contributed by atoms with Gasteiger partial charge < -0.3 is 0 Å². The van der Waals surface area contributed by atoms with Crippen LogP contribution in [0.25, 0.3) is 22.6 Å². The average molecular weight is 206 g/mol. The molecule has 0 radical (unpaired) electrons. The van der Waals surface area contributed by atoms with Crippen LogP contribution in [0.15, 0.2) is 36.8 Å². The van der Waals surface area contributed by atoms with Crippen molar-refractivity contribution >= 4 is 0 Å². The predicted octanol–water partition coefficient (Wildman–Crippen LogP) is 1.95. The van der Waals surface area contributed by atoms with E-state index in [-0.39, 0.29) is 0 Å². The van der Waals surface area contributed by atoms with Gasteiger partial charge in [0.05, 0.1) is 5.56 Å². The molecule has 0 amide bonds. The lowest BCUT2D eigenvalue weighted by atomic mass is 10.1. The number of hydrogen-bond acceptors (Lipinski definition) is 4. The minimum atomic E-state index is 0.497. The summed E-state index contributed by atoms with van der Waals surface area (Å²) in [7, 11) is 0. The molecule has 0 saturated carbocycles. The quantitative estimate of drug-likeness (QED) is 0.564. The Morgan fingerprint density at radius 1 is 1.06 bits per heavy atom. The molecule has 1 aliphatic carbocycles. The molecule has 4 heteroatoms. The van der Waals surface area contributed by atoms with E-state index in [2.05, 4.69) is 21.0 Å². The van der Waals surface area contributed by atoms with Crippen molar-refractivity contribution in [2.45, 2.75) is 0 Å². The van der Waals surface area contributed by atoms with E-state index in [0.29, 0.717) is 17.1 Å². The Hall–Kier alpha value is -2.54. The zero-order chi connectivity index (χ0) is 11.0. The summed E-state index contributed by atoms with van der Waals surface area (Å²) in [5.74, 6) is 0.500. The lowest BCUT2D eigenvalue weighted by Crippen LogP contribution is -1.87. The highest BCUT2D eigenvalue weighted by Gasteiger charge is 2.12. The Kier molecular flexibility index (Phi) is 1.77. The molecule has 16 heavy (non-hydrogen) atoms. The molecule has 2 aliphatic heterocycles. The van der Waals surface area contributed by atoms with Crippen LogP contribution in [0.4, 0.5) is 0 Å². The highest BCUT2D eigenvalue weighted by Crippen LogP contribution is 2.25. The molecule has 0 spiro atoms. The molecule has 0 aromatic rings. The first-order valence-corrected chi connectivity index (χ1v) is 4.78. The van der Waals surface area contributed by atoms with Crippen molar-refractivity contribution in [3.63, 3.8) is 0 Å². The van der Waals surface area contributed by atoms with Crippen molar-refractivity contribution in [3.05, 3.63) is 42.4 Å². The summed E-state index contributed by atoms with van der Waals surface area (Å²) in [4.78, 5) is 12.3. The van der Waals surface area contributed by atoms with E-state index in [1.165, 1.54) is 6.33 Å². The van der Waals surface area contributed by atoms with Crippen LogP contribution in [0.1, 0.15) is 5.56 Å². The lowest BCUT2D eigenvalue weighted by Gasteiger charge is -1.98. The minimum Gasteiger partial charge on any atom is -0.235 e. The van der Waals surface area contributed by atoms with Gasteiger partial charge in [-0.3, -0.25) is 0 Å². The molecular formula is C12H6N4. The van der Waals surface area contributed by atoms with Crippen LogP contribution in [-0.2, 0) is 0 Å². The summed E-state index contributed by atoms with van der Waals surface area (Å²) >= 11 is 0. The fourth-order valence-electron chi connectivity index (χ4n) is 1.68. The molecule has 2 heterocycles. The molecule has 0 bridgehead atoms. The molecule has 3 rings (SSSR count). The largest absolute Gasteiger partial charge is 0.235 e. The van der Waals surface area contributed by atoms with E-state index in [0.717, 1.165) is 11.1 Å². The summed E-state index contributed by atoms with van der Waals surface area (Å²) in [6.07, 6.45) is 3.16. The number of hydrogen-bond donors (Lipinski definition) is 0. The van der Waals surface area contributed by atoms with Gasteiger partial charge >= 0.3 is 0 Å². The maximum Gasteiger partial charge on any atom is 0.181 e. The Balaban J connectivity index is 2.42. The average Bonchev–Trinajstić information content (AvgIpc) is 2.88. The second kappa shape index (κ2) is 3.24. The van der Waals surface area contributed by atoms with Crippen molar-refractivity contribution < 1.29 is 0 Å². The lowest BCUT2D eigenvalue weighted by molar-refractivity contribution is 1.24. The Morgan fingerprint density at radius 2 is 1.94 bits per heavy atom. The molecular weight excluding hydrogens is 200 g/mol. The van der Waals surface area contributed by atoms with Crippen molar-refractivity contribution in [1.82, 2.24) is 15.0 Å². The van der Waals surface area contributed by atoms with E-state index >= 15 is 0 Å². The molecule has 3 aliphatic rings. The summed E-state index contributed by atoms with van der Waals surface area (Å²) in [5.41, 5.74) is 3.01. The number of aromatic nitrogens is 3. The van der Waals surface area contributed by atoms with Gasteiger partial charge in [-0.05, 0) is 11.6 Å². The molecule has 74 valence electrons. The molecule has 0 aromatic heterocycles. The van der Waals surface area contributed by atoms with Crippen LogP contribution in [0.3, 0.4) is 0 Å². The van der Waals surface area contributed by atoms with Gasteiger partial charge in [-0.25, -0.2) is 15.0 Å². The second-order valence-electron chi connectivity index (χ2n) is 3.41. The second-order valence-corrected chi connectivity index (χ2v) is 3.41. The number of imidazole rings is 1. The third kappa shape index (κ3) is 1.19. The molecule has 0 aromatic carbocycles. The zero-order valence-corrected chi connectivity index (χ0v) is 8.25.